The first-order chi connectivity index (χ1) is 15.4. The quantitative estimate of drug-likeness (QED) is 0.358. The van der Waals surface area contributed by atoms with Gasteiger partial charge in [-0.25, -0.2) is 0 Å². The zero-order valence-electron chi connectivity index (χ0n) is 16.9. The van der Waals surface area contributed by atoms with Gasteiger partial charge < -0.3 is 15.0 Å². The first kappa shape index (κ1) is 24.3. The van der Waals surface area contributed by atoms with E-state index in [2.05, 4.69) is 25.0 Å². The molecule has 1 saturated heterocycles. The molecule has 2 heterocycles. The van der Waals surface area contributed by atoms with Crippen molar-refractivity contribution in [3.63, 3.8) is 0 Å². The Balaban J connectivity index is 1.99. The van der Waals surface area contributed by atoms with Gasteiger partial charge in [-0.3, -0.25) is 10.1 Å². The van der Waals surface area contributed by atoms with Crippen LogP contribution < -0.4 is 15.0 Å². The van der Waals surface area contributed by atoms with Crippen LogP contribution in [0.3, 0.4) is 0 Å². The molecule has 0 aliphatic carbocycles. The lowest BCUT2D eigenvalue weighted by atomic mass is 10.2. The molecule has 0 radical (unpaired) electrons. The first-order valence-electron chi connectivity index (χ1n) is 9.76. The van der Waals surface area contributed by atoms with Crippen molar-refractivity contribution in [2.45, 2.75) is 44.1 Å². The number of hydrogen-bond acceptors (Lipinski definition) is 8. The van der Waals surface area contributed by atoms with E-state index in [9.17, 15) is 36.5 Å². The predicted molar refractivity (Wildman–Crippen MR) is 103 cm³/mol. The Morgan fingerprint density at radius 3 is 2.21 bits per heavy atom. The average molecular weight is 480 g/mol. The highest BCUT2D eigenvalue weighted by molar-refractivity contribution is 5.58. The SMILES string of the molecule is O=[N+]([O-])c1cccc(Nc2nc(OC(C(F)(F)F)C(F)(F)F)nc(N3CCCCCC3)n2)c1. The van der Waals surface area contributed by atoms with Gasteiger partial charge >= 0.3 is 18.4 Å². The molecule has 33 heavy (non-hydrogen) atoms. The molecule has 15 heteroatoms. The number of alkyl halides is 6. The molecule has 180 valence electrons. The number of nitrogens with one attached hydrogen (secondary N) is 1. The third-order valence-corrected chi connectivity index (χ3v) is 4.62. The molecule has 0 atom stereocenters. The van der Waals surface area contributed by atoms with E-state index < -0.39 is 35.3 Å². The highest BCUT2D eigenvalue weighted by Crippen LogP contribution is 2.36. The maximum absolute atomic E-state index is 13.0. The molecule has 2 aromatic rings. The highest BCUT2D eigenvalue weighted by atomic mass is 19.4. The van der Waals surface area contributed by atoms with E-state index >= 15 is 0 Å². The summed E-state index contributed by atoms with van der Waals surface area (Å²) in [6.45, 7) is 0.864. The summed E-state index contributed by atoms with van der Waals surface area (Å²) < 4.78 is 82.0. The zero-order valence-corrected chi connectivity index (χ0v) is 16.9. The van der Waals surface area contributed by atoms with E-state index in [4.69, 9.17) is 0 Å². The lowest BCUT2D eigenvalue weighted by molar-refractivity contribution is -0.384. The van der Waals surface area contributed by atoms with Crippen LogP contribution in [0.2, 0.25) is 0 Å². The number of nitro benzene ring substituents is 1. The van der Waals surface area contributed by atoms with Crippen molar-refractivity contribution in [1.29, 1.82) is 0 Å². The van der Waals surface area contributed by atoms with Crippen molar-refractivity contribution in [2.24, 2.45) is 0 Å². The van der Waals surface area contributed by atoms with Gasteiger partial charge in [0.05, 0.1) is 4.92 Å². The minimum atomic E-state index is -5.76. The smallest absolute Gasteiger partial charge is 0.434 e. The summed E-state index contributed by atoms with van der Waals surface area (Å²) in [6, 6.07) is 3.84. The number of benzene rings is 1. The fraction of sp³-hybridized carbons (Fsp3) is 0.500. The molecule has 0 amide bonds. The summed E-state index contributed by atoms with van der Waals surface area (Å²) in [5, 5.41) is 13.5. The molecule has 1 aromatic carbocycles. The predicted octanol–water partition coefficient (Wildman–Crippen LogP) is 4.78. The van der Waals surface area contributed by atoms with Gasteiger partial charge in [0.1, 0.15) is 0 Å². The Kier molecular flexibility index (Phi) is 7.07. The maximum Gasteiger partial charge on any atom is 0.434 e. The topological polar surface area (TPSA) is 106 Å². The molecule has 0 saturated carbocycles. The van der Waals surface area contributed by atoms with Gasteiger partial charge in [-0.1, -0.05) is 18.9 Å². The summed E-state index contributed by atoms with van der Waals surface area (Å²) in [4.78, 5) is 23.2. The van der Waals surface area contributed by atoms with Crippen molar-refractivity contribution >= 4 is 23.3 Å². The Labute approximate surface area is 182 Å². The van der Waals surface area contributed by atoms with Gasteiger partial charge in [0.2, 0.25) is 11.9 Å². The van der Waals surface area contributed by atoms with Gasteiger partial charge in [-0.15, -0.1) is 0 Å². The molecule has 0 bridgehead atoms. The molecule has 1 aromatic heterocycles. The van der Waals surface area contributed by atoms with Crippen LogP contribution in [-0.2, 0) is 0 Å². The molecule has 1 fully saturated rings. The van der Waals surface area contributed by atoms with Crippen molar-refractivity contribution in [3.8, 4) is 6.01 Å². The van der Waals surface area contributed by atoms with E-state index in [1.807, 2.05) is 0 Å². The summed E-state index contributed by atoms with van der Waals surface area (Å²) in [6.07, 6.45) is -12.4. The van der Waals surface area contributed by atoms with Crippen LogP contribution in [0.1, 0.15) is 25.7 Å². The van der Waals surface area contributed by atoms with Gasteiger partial charge in [0.25, 0.3) is 11.8 Å². The highest BCUT2D eigenvalue weighted by Gasteiger charge is 2.59. The lowest BCUT2D eigenvalue weighted by Crippen LogP contribution is -2.47. The van der Waals surface area contributed by atoms with E-state index in [1.165, 1.54) is 18.2 Å². The standard InChI is InChI=1S/C18H18F6N6O3/c19-17(20,21)13(18(22,23)24)33-16-27-14(25-11-6-5-7-12(10-11)30(31)32)26-15(28-16)29-8-3-1-2-4-9-29/h5-7,10,13H,1-4,8-9H2,(H,25,26,27,28). The van der Waals surface area contributed by atoms with E-state index in [0.29, 0.717) is 13.1 Å². The number of anilines is 3. The fourth-order valence-corrected chi connectivity index (χ4v) is 3.12. The summed E-state index contributed by atoms with van der Waals surface area (Å²) >= 11 is 0. The Hall–Kier alpha value is -3.39. The second kappa shape index (κ2) is 9.62. The zero-order chi connectivity index (χ0) is 24.2. The summed E-state index contributed by atoms with van der Waals surface area (Å²) in [7, 11) is 0. The number of ether oxygens (including phenoxy) is 1. The van der Waals surface area contributed by atoms with Crippen LogP contribution in [0.15, 0.2) is 24.3 Å². The van der Waals surface area contributed by atoms with Crippen molar-refractivity contribution in [3.05, 3.63) is 34.4 Å². The molecule has 9 nitrogen and oxygen atoms in total. The fourth-order valence-electron chi connectivity index (χ4n) is 3.12. The average Bonchev–Trinajstić information content (AvgIpc) is 3.00. The van der Waals surface area contributed by atoms with Gasteiger partial charge in [-0.05, 0) is 18.9 Å². The number of nitrogens with zero attached hydrogens (tertiary/aromatic N) is 5. The van der Waals surface area contributed by atoms with Crippen molar-refractivity contribution < 1.29 is 36.0 Å². The Bertz CT molecular complexity index is 965. The van der Waals surface area contributed by atoms with Crippen LogP contribution in [-0.4, -0.2) is 51.4 Å². The lowest BCUT2D eigenvalue weighted by Gasteiger charge is -2.24. The van der Waals surface area contributed by atoms with E-state index in [-0.39, 0.29) is 17.3 Å². The first-order valence-corrected chi connectivity index (χ1v) is 9.76. The molecule has 1 aliphatic rings. The molecular formula is C18H18F6N6O3. The van der Waals surface area contributed by atoms with Crippen LogP contribution in [0.4, 0.5) is 49.6 Å². The summed E-state index contributed by atoms with van der Waals surface area (Å²) in [5.41, 5.74) is -0.209. The third-order valence-electron chi connectivity index (χ3n) is 4.62. The Morgan fingerprint density at radius 2 is 1.64 bits per heavy atom. The molecule has 1 N–H and O–H groups in total. The molecule has 1 aliphatic heterocycles. The number of nitro groups is 1. The second-order valence-corrected chi connectivity index (χ2v) is 7.16. The molecule has 0 unspecified atom stereocenters. The largest absolute Gasteiger partial charge is 0.440 e. The number of aromatic nitrogens is 3. The van der Waals surface area contributed by atoms with Crippen LogP contribution in [0.5, 0.6) is 6.01 Å². The van der Waals surface area contributed by atoms with E-state index in [1.54, 1.807) is 4.90 Å². The third kappa shape index (κ3) is 6.55. The number of hydrogen-bond donors (Lipinski definition) is 1. The van der Waals surface area contributed by atoms with Gasteiger partial charge in [-0.2, -0.15) is 41.3 Å². The van der Waals surface area contributed by atoms with E-state index in [0.717, 1.165) is 31.7 Å². The van der Waals surface area contributed by atoms with Crippen LogP contribution in [0, 0.1) is 10.1 Å². The van der Waals surface area contributed by atoms with Gasteiger partial charge in [0, 0.05) is 30.9 Å². The number of halogens is 6. The molecule has 3 rings (SSSR count). The maximum atomic E-state index is 13.0. The van der Waals surface area contributed by atoms with Crippen LogP contribution >= 0.6 is 0 Å². The van der Waals surface area contributed by atoms with Crippen molar-refractivity contribution in [2.75, 3.05) is 23.3 Å². The Morgan fingerprint density at radius 1 is 1.00 bits per heavy atom. The second-order valence-electron chi connectivity index (χ2n) is 7.16. The normalized spacial score (nSPS) is 15.3. The molecule has 0 spiro atoms. The number of non-ortho nitro benzene ring substituents is 1. The molecular weight excluding hydrogens is 462 g/mol. The minimum Gasteiger partial charge on any atom is -0.440 e. The van der Waals surface area contributed by atoms with Crippen molar-refractivity contribution in [1.82, 2.24) is 15.0 Å². The van der Waals surface area contributed by atoms with Crippen LogP contribution in [0.25, 0.3) is 0 Å². The summed E-state index contributed by atoms with van der Waals surface area (Å²) in [5.74, 6) is -0.597. The monoisotopic (exact) mass is 480 g/mol. The minimum absolute atomic E-state index is 0.0892. The number of rotatable bonds is 6. The van der Waals surface area contributed by atoms with Gasteiger partial charge in [0.15, 0.2) is 0 Å².